The Balaban J connectivity index is 1.75. The minimum Gasteiger partial charge on any atom is -0.454 e. The summed E-state index contributed by atoms with van der Waals surface area (Å²) in [4.78, 5) is 35.0. The Morgan fingerprint density at radius 2 is 2.09 bits per heavy atom. The van der Waals surface area contributed by atoms with Crippen molar-refractivity contribution in [3.63, 3.8) is 0 Å². The molecule has 0 radical (unpaired) electrons. The van der Waals surface area contributed by atoms with Gasteiger partial charge in [-0.15, -0.1) is 0 Å². The molecule has 1 fully saturated rings. The summed E-state index contributed by atoms with van der Waals surface area (Å²) in [6.45, 7) is 1.63. The van der Waals surface area contributed by atoms with Gasteiger partial charge in [0, 0.05) is 18.3 Å². The van der Waals surface area contributed by atoms with Crippen LogP contribution >= 0.6 is 0 Å². The maximum Gasteiger partial charge on any atom is 0.326 e. The number of carbonyl (C=O) groups excluding carboxylic acids is 2. The maximum absolute atomic E-state index is 11.8. The summed E-state index contributed by atoms with van der Waals surface area (Å²) in [5.41, 5.74) is -0.278. The molecule has 1 heterocycles. The molecule has 0 bridgehead atoms. The summed E-state index contributed by atoms with van der Waals surface area (Å²) in [6, 6.07) is 4.79. The highest BCUT2D eigenvalue weighted by Gasteiger charge is 2.23. The SMILES string of the molecule is C[C@H]1CCCC[C@H]1NC(=O)COC(=O)Cn1ccccc1=O. The molecule has 120 valence electrons. The fourth-order valence-corrected chi connectivity index (χ4v) is 2.70. The molecule has 1 saturated carbocycles. The van der Waals surface area contributed by atoms with Crippen LogP contribution in [-0.2, 0) is 20.9 Å². The zero-order valence-electron chi connectivity index (χ0n) is 12.8. The number of ether oxygens (including phenoxy) is 1. The zero-order chi connectivity index (χ0) is 15.9. The first-order valence-corrected chi connectivity index (χ1v) is 7.66. The van der Waals surface area contributed by atoms with Gasteiger partial charge in [-0.3, -0.25) is 14.4 Å². The second-order valence-electron chi connectivity index (χ2n) is 5.76. The molecular formula is C16H22N2O4. The fraction of sp³-hybridized carbons (Fsp3) is 0.562. The summed E-state index contributed by atoms with van der Waals surface area (Å²) < 4.78 is 6.17. The summed E-state index contributed by atoms with van der Waals surface area (Å²) in [5.74, 6) is -0.427. The van der Waals surface area contributed by atoms with Gasteiger partial charge in [-0.25, -0.2) is 0 Å². The highest BCUT2D eigenvalue weighted by molar-refractivity contribution is 5.80. The van der Waals surface area contributed by atoms with Gasteiger partial charge in [-0.1, -0.05) is 25.8 Å². The molecule has 1 amide bonds. The first-order valence-electron chi connectivity index (χ1n) is 7.66. The molecule has 0 saturated heterocycles. The van der Waals surface area contributed by atoms with Crippen LogP contribution < -0.4 is 10.9 Å². The van der Waals surface area contributed by atoms with Gasteiger partial charge in [0.1, 0.15) is 6.54 Å². The number of hydrogen-bond donors (Lipinski definition) is 1. The van der Waals surface area contributed by atoms with Gasteiger partial charge in [0.2, 0.25) is 0 Å². The van der Waals surface area contributed by atoms with Crippen molar-refractivity contribution in [2.75, 3.05) is 6.61 Å². The molecule has 1 aliphatic carbocycles. The predicted octanol–water partition coefficient (Wildman–Crippen LogP) is 1.09. The Morgan fingerprint density at radius 1 is 1.32 bits per heavy atom. The first kappa shape index (κ1) is 16.3. The number of nitrogens with one attached hydrogen (secondary N) is 1. The van der Waals surface area contributed by atoms with Gasteiger partial charge >= 0.3 is 5.97 Å². The average molecular weight is 306 g/mol. The number of rotatable bonds is 5. The Morgan fingerprint density at radius 3 is 2.82 bits per heavy atom. The van der Waals surface area contributed by atoms with E-state index in [4.69, 9.17) is 4.74 Å². The van der Waals surface area contributed by atoms with E-state index in [1.165, 1.54) is 23.3 Å². The molecular weight excluding hydrogens is 284 g/mol. The topological polar surface area (TPSA) is 77.4 Å². The van der Waals surface area contributed by atoms with Crippen molar-refractivity contribution in [2.24, 2.45) is 5.92 Å². The van der Waals surface area contributed by atoms with E-state index in [1.807, 2.05) is 0 Å². The van der Waals surface area contributed by atoms with Crippen LogP contribution in [0, 0.1) is 5.92 Å². The van der Waals surface area contributed by atoms with E-state index in [-0.39, 0.29) is 30.7 Å². The van der Waals surface area contributed by atoms with Crippen molar-refractivity contribution in [3.8, 4) is 0 Å². The number of esters is 1. The molecule has 0 aromatic carbocycles. The van der Waals surface area contributed by atoms with Gasteiger partial charge in [0.25, 0.3) is 11.5 Å². The minimum atomic E-state index is -0.597. The normalized spacial score (nSPS) is 21.1. The van der Waals surface area contributed by atoms with Crippen molar-refractivity contribution < 1.29 is 14.3 Å². The van der Waals surface area contributed by atoms with Crippen LogP contribution in [0.3, 0.4) is 0 Å². The average Bonchev–Trinajstić information content (AvgIpc) is 2.50. The number of aromatic nitrogens is 1. The number of nitrogens with zero attached hydrogens (tertiary/aromatic N) is 1. The van der Waals surface area contributed by atoms with Crippen LogP contribution in [-0.4, -0.2) is 29.1 Å². The molecule has 2 atom stereocenters. The van der Waals surface area contributed by atoms with Crippen LogP contribution in [0.25, 0.3) is 0 Å². The lowest BCUT2D eigenvalue weighted by atomic mass is 9.86. The van der Waals surface area contributed by atoms with Crippen LogP contribution in [0.4, 0.5) is 0 Å². The van der Waals surface area contributed by atoms with E-state index in [0.717, 1.165) is 19.3 Å². The highest BCUT2D eigenvalue weighted by atomic mass is 16.5. The van der Waals surface area contributed by atoms with Crippen molar-refractivity contribution in [1.82, 2.24) is 9.88 Å². The molecule has 0 aliphatic heterocycles. The standard InChI is InChI=1S/C16H22N2O4/c1-12-6-2-3-7-13(12)17-14(19)11-22-16(21)10-18-9-5-4-8-15(18)20/h4-5,8-9,12-13H,2-3,6-7,10-11H2,1H3,(H,17,19)/t12-,13+/m0/s1. The van der Waals surface area contributed by atoms with E-state index >= 15 is 0 Å². The molecule has 1 aromatic heterocycles. The van der Waals surface area contributed by atoms with Crippen LogP contribution in [0.5, 0.6) is 0 Å². The molecule has 1 N–H and O–H groups in total. The van der Waals surface area contributed by atoms with Crippen molar-refractivity contribution in [1.29, 1.82) is 0 Å². The minimum absolute atomic E-state index is 0.164. The molecule has 6 heteroatoms. The van der Waals surface area contributed by atoms with Crippen LogP contribution in [0.15, 0.2) is 29.2 Å². The number of hydrogen-bond acceptors (Lipinski definition) is 4. The third kappa shape index (κ3) is 4.72. The molecule has 6 nitrogen and oxygen atoms in total. The molecule has 1 aliphatic rings. The lowest BCUT2D eigenvalue weighted by molar-refractivity contribution is -0.149. The Hall–Kier alpha value is -2.11. The highest BCUT2D eigenvalue weighted by Crippen LogP contribution is 2.23. The number of amides is 1. The third-order valence-corrected chi connectivity index (χ3v) is 4.02. The Bertz CT molecular complexity index is 582. The molecule has 22 heavy (non-hydrogen) atoms. The first-order chi connectivity index (χ1) is 10.6. The van der Waals surface area contributed by atoms with Crippen molar-refractivity contribution >= 4 is 11.9 Å². The quantitative estimate of drug-likeness (QED) is 0.826. The molecule has 0 spiro atoms. The van der Waals surface area contributed by atoms with Crippen LogP contribution in [0.2, 0.25) is 0 Å². The van der Waals surface area contributed by atoms with Crippen molar-refractivity contribution in [3.05, 3.63) is 34.7 Å². The third-order valence-electron chi connectivity index (χ3n) is 4.02. The largest absolute Gasteiger partial charge is 0.454 e. The monoisotopic (exact) mass is 306 g/mol. The van der Waals surface area contributed by atoms with E-state index < -0.39 is 5.97 Å². The van der Waals surface area contributed by atoms with E-state index in [2.05, 4.69) is 12.2 Å². The van der Waals surface area contributed by atoms with Gasteiger partial charge in [-0.05, 0) is 24.8 Å². The van der Waals surface area contributed by atoms with E-state index in [9.17, 15) is 14.4 Å². The van der Waals surface area contributed by atoms with Gasteiger partial charge in [-0.2, -0.15) is 0 Å². The van der Waals surface area contributed by atoms with Crippen molar-refractivity contribution in [2.45, 2.75) is 45.2 Å². The summed E-state index contributed by atoms with van der Waals surface area (Å²) in [7, 11) is 0. The van der Waals surface area contributed by atoms with E-state index in [1.54, 1.807) is 12.1 Å². The zero-order valence-corrected chi connectivity index (χ0v) is 12.8. The lowest BCUT2D eigenvalue weighted by Gasteiger charge is -2.29. The summed E-state index contributed by atoms with van der Waals surface area (Å²) >= 11 is 0. The lowest BCUT2D eigenvalue weighted by Crippen LogP contribution is -2.43. The van der Waals surface area contributed by atoms with Gasteiger partial charge in [0.15, 0.2) is 6.61 Å². The van der Waals surface area contributed by atoms with Gasteiger partial charge in [0.05, 0.1) is 0 Å². The molecule has 0 unspecified atom stereocenters. The molecule has 1 aromatic rings. The Labute approximate surface area is 129 Å². The summed E-state index contributed by atoms with van der Waals surface area (Å²) in [5, 5.41) is 2.91. The fourth-order valence-electron chi connectivity index (χ4n) is 2.70. The number of carbonyl (C=O) groups is 2. The maximum atomic E-state index is 11.8. The predicted molar refractivity (Wildman–Crippen MR) is 81.2 cm³/mol. The Kier molecular flexibility index (Phi) is 5.75. The molecule has 2 rings (SSSR count). The second kappa shape index (κ2) is 7.77. The smallest absolute Gasteiger partial charge is 0.326 e. The summed E-state index contributed by atoms with van der Waals surface area (Å²) in [6.07, 6.45) is 5.91. The second-order valence-corrected chi connectivity index (χ2v) is 5.76. The van der Waals surface area contributed by atoms with Gasteiger partial charge < -0.3 is 14.6 Å². The number of pyridine rings is 1. The van der Waals surface area contributed by atoms with Crippen LogP contribution in [0.1, 0.15) is 32.6 Å². The van der Waals surface area contributed by atoms with E-state index in [0.29, 0.717) is 5.92 Å².